The lowest BCUT2D eigenvalue weighted by molar-refractivity contribution is 0.142. The van der Waals surface area contributed by atoms with E-state index in [1.165, 1.54) is 12.1 Å². The molecule has 0 aliphatic carbocycles. The summed E-state index contributed by atoms with van der Waals surface area (Å²) in [6.45, 7) is 7.26. The molecule has 118 valence electrons. The molecule has 1 saturated heterocycles. The van der Waals surface area contributed by atoms with Crippen molar-refractivity contribution in [2.75, 3.05) is 25.4 Å². The van der Waals surface area contributed by atoms with Crippen LogP contribution in [-0.4, -0.2) is 40.1 Å². The Morgan fingerprint density at radius 2 is 1.90 bits per heavy atom. The maximum absolute atomic E-state index is 13.2. The predicted molar refractivity (Wildman–Crippen MR) is 83.5 cm³/mol. The molecule has 21 heavy (non-hydrogen) atoms. The number of aliphatic hydroxyl groups is 1. The smallest absolute Gasteiger partial charge is 0.126 e. The van der Waals surface area contributed by atoms with Crippen molar-refractivity contribution < 1.29 is 13.9 Å². The summed E-state index contributed by atoms with van der Waals surface area (Å²) in [5.74, 6) is -0.202. The maximum Gasteiger partial charge on any atom is 0.126 e. The van der Waals surface area contributed by atoms with E-state index in [1.807, 2.05) is 11.8 Å². The molecule has 0 amide bonds. The van der Waals surface area contributed by atoms with Crippen molar-refractivity contribution in [3.63, 3.8) is 0 Å². The van der Waals surface area contributed by atoms with E-state index in [0.717, 1.165) is 37.9 Å². The van der Waals surface area contributed by atoms with Crippen LogP contribution in [0.25, 0.3) is 0 Å². The summed E-state index contributed by atoms with van der Waals surface area (Å²) in [5.41, 5.74) is 0.317. The van der Waals surface area contributed by atoms with E-state index in [1.54, 1.807) is 0 Å². The molecule has 1 aliphatic rings. The predicted octanol–water partition coefficient (Wildman–Crippen LogP) is 3.61. The van der Waals surface area contributed by atoms with Gasteiger partial charge in [-0.1, -0.05) is 13.8 Å². The SMILES string of the molecule is CC1(C)CCN(CCC(O)c2cc(F)cc(F)c2)CCS1. The first kappa shape index (κ1) is 16.7. The highest BCUT2D eigenvalue weighted by molar-refractivity contribution is 8.00. The fourth-order valence-electron chi connectivity index (χ4n) is 2.53. The van der Waals surface area contributed by atoms with E-state index < -0.39 is 17.7 Å². The van der Waals surface area contributed by atoms with Crippen LogP contribution in [0, 0.1) is 11.6 Å². The zero-order valence-electron chi connectivity index (χ0n) is 12.6. The largest absolute Gasteiger partial charge is 0.388 e. The zero-order chi connectivity index (χ0) is 15.5. The van der Waals surface area contributed by atoms with Crippen LogP contribution in [-0.2, 0) is 0 Å². The average Bonchev–Trinajstić information content (AvgIpc) is 2.56. The van der Waals surface area contributed by atoms with Crippen LogP contribution in [0.5, 0.6) is 0 Å². The van der Waals surface area contributed by atoms with Crippen LogP contribution in [0.1, 0.15) is 38.4 Å². The lowest BCUT2D eigenvalue weighted by Crippen LogP contribution is -2.29. The summed E-state index contributed by atoms with van der Waals surface area (Å²) in [6, 6.07) is 3.23. The molecule has 1 heterocycles. The Balaban J connectivity index is 1.87. The minimum absolute atomic E-state index is 0.305. The third kappa shape index (κ3) is 5.24. The second kappa shape index (κ2) is 7.07. The number of hydrogen-bond acceptors (Lipinski definition) is 3. The van der Waals surface area contributed by atoms with Gasteiger partial charge in [0, 0.05) is 29.7 Å². The first-order chi connectivity index (χ1) is 9.85. The van der Waals surface area contributed by atoms with E-state index >= 15 is 0 Å². The van der Waals surface area contributed by atoms with Crippen LogP contribution in [0.2, 0.25) is 0 Å². The molecule has 1 aromatic carbocycles. The molecular weight excluding hydrogens is 292 g/mol. The highest BCUT2D eigenvalue weighted by Crippen LogP contribution is 2.31. The lowest BCUT2D eigenvalue weighted by atomic mass is 10.1. The first-order valence-corrected chi connectivity index (χ1v) is 8.35. The van der Waals surface area contributed by atoms with Crippen molar-refractivity contribution in [1.82, 2.24) is 4.90 Å². The Morgan fingerprint density at radius 3 is 2.57 bits per heavy atom. The van der Waals surface area contributed by atoms with Gasteiger partial charge in [0.25, 0.3) is 0 Å². The van der Waals surface area contributed by atoms with Gasteiger partial charge in [0.1, 0.15) is 11.6 Å². The maximum atomic E-state index is 13.2. The topological polar surface area (TPSA) is 23.5 Å². The number of halogens is 2. The van der Waals surface area contributed by atoms with Gasteiger partial charge in [-0.25, -0.2) is 8.78 Å². The Hall–Kier alpha value is -0.650. The molecule has 1 fully saturated rings. The molecule has 1 unspecified atom stereocenters. The number of aliphatic hydroxyl groups excluding tert-OH is 1. The van der Waals surface area contributed by atoms with Crippen molar-refractivity contribution in [2.45, 2.75) is 37.5 Å². The highest BCUT2D eigenvalue weighted by Gasteiger charge is 2.23. The summed E-state index contributed by atoms with van der Waals surface area (Å²) < 4.78 is 26.6. The molecule has 0 bridgehead atoms. The Labute approximate surface area is 129 Å². The van der Waals surface area contributed by atoms with Gasteiger partial charge in [-0.2, -0.15) is 11.8 Å². The summed E-state index contributed by atoms with van der Waals surface area (Å²) in [5, 5.41) is 10.1. The normalized spacial score (nSPS) is 21.0. The van der Waals surface area contributed by atoms with E-state index in [9.17, 15) is 13.9 Å². The van der Waals surface area contributed by atoms with Gasteiger partial charge < -0.3 is 10.0 Å². The minimum Gasteiger partial charge on any atom is -0.388 e. The second-order valence-electron chi connectivity index (χ2n) is 6.21. The molecule has 2 rings (SSSR count). The molecular formula is C16H23F2NOS. The Morgan fingerprint density at radius 1 is 1.24 bits per heavy atom. The summed E-state index contributed by atoms with van der Waals surface area (Å²) in [7, 11) is 0. The van der Waals surface area contributed by atoms with Gasteiger partial charge in [0.15, 0.2) is 0 Å². The molecule has 0 aromatic heterocycles. The number of benzene rings is 1. The standard InChI is InChI=1S/C16H23F2NOS/c1-16(2)4-6-19(7-8-21-16)5-3-15(20)12-9-13(17)11-14(18)10-12/h9-11,15,20H,3-8H2,1-2H3. The van der Waals surface area contributed by atoms with E-state index in [4.69, 9.17) is 0 Å². The average molecular weight is 315 g/mol. The van der Waals surface area contributed by atoms with E-state index in [2.05, 4.69) is 18.7 Å². The molecule has 5 heteroatoms. The fraction of sp³-hybridized carbons (Fsp3) is 0.625. The summed E-state index contributed by atoms with van der Waals surface area (Å²) in [6.07, 6.45) is 0.787. The van der Waals surface area contributed by atoms with Crippen molar-refractivity contribution >= 4 is 11.8 Å². The summed E-state index contributed by atoms with van der Waals surface area (Å²) in [4.78, 5) is 2.32. The van der Waals surface area contributed by atoms with Crippen molar-refractivity contribution in [1.29, 1.82) is 0 Å². The van der Waals surface area contributed by atoms with Gasteiger partial charge >= 0.3 is 0 Å². The third-order valence-electron chi connectivity index (χ3n) is 3.92. The van der Waals surface area contributed by atoms with Crippen LogP contribution in [0.3, 0.4) is 0 Å². The number of hydrogen-bond donors (Lipinski definition) is 1. The van der Waals surface area contributed by atoms with Crippen molar-refractivity contribution in [3.05, 3.63) is 35.4 Å². The number of nitrogens with zero attached hydrogens (tertiary/aromatic N) is 1. The van der Waals surface area contributed by atoms with Crippen LogP contribution in [0.15, 0.2) is 18.2 Å². The van der Waals surface area contributed by atoms with E-state index in [0.29, 0.717) is 16.7 Å². The Kier molecular flexibility index (Phi) is 5.63. The highest BCUT2D eigenvalue weighted by atomic mass is 32.2. The number of rotatable bonds is 4. The van der Waals surface area contributed by atoms with Gasteiger partial charge in [0.05, 0.1) is 6.10 Å². The fourth-order valence-corrected chi connectivity index (χ4v) is 3.66. The van der Waals surface area contributed by atoms with Crippen LogP contribution < -0.4 is 0 Å². The quantitative estimate of drug-likeness (QED) is 0.918. The van der Waals surface area contributed by atoms with Crippen LogP contribution >= 0.6 is 11.8 Å². The minimum atomic E-state index is -0.820. The van der Waals surface area contributed by atoms with Gasteiger partial charge in [-0.3, -0.25) is 0 Å². The molecule has 2 nitrogen and oxygen atoms in total. The molecule has 0 radical (unpaired) electrons. The second-order valence-corrected chi connectivity index (χ2v) is 8.01. The Bertz CT molecular complexity index is 461. The molecule has 1 aliphatic heterocycles. The molecule has 0 saturated carbocycles. The molecule has 0 spiro atoms. The monoisotopic (exact) mass is 315 g/mol. The van der Waals surface area contributed by atoms with E-state index in [-0.39, 0.29) is 0 Å². The number of thioether (sulfide) groups is 1. The molecule has 1 atom stereocenters. The summed E-state index contributed by atoms with van der Waals surface area (Å²) >= 11 is 1.98. The van der Waals surface area contributed by atoms with Gasteiger partial charge in [0.2, 0.25) is 0 Å². The first-order valence-electron chi connectivity index (χ1n) is 7.36. The molecule has 1 N–H and O–H groups in total. The van der Waals surface area contributed by atoms with Gasteiger partial charge in [-0.15, -0.1) is 0 Å². The van der Waals surface area contributed by atoms with Crippen molar-refractivity contribution in [2.24, 2.45) is 0 Å². The van der Waals surface area contributed by atoms with Crippen LogP contribution in [0.4, 0.5) is 8.78 Å². The third-order valence-corrected chi connectivity index (χ3v) is 5.29. The zero-order valence-corrected chi connectivity index (χ0v) is 13.4. The lowest BCUT2D eigenvalue weighted by Gasteiger charge is -2.23. The van der Waals surface area contributed by atoms with Crippen molar-refractivity contribution in [3.8, 4) is 0 Å². The molecule has 1 aromatic rings. The van der Waals surface area contributed by atoms with Gasteiger partial charge in [-0.05, 0) is 37.1 Å².